The molecule has 0 unspecified atom stereocenters. The number of nitrogens with zero attached hydrogens (tertiary/aromatic N) is 1. The van der Waals surface area contributed by atoms with Crippen LogP contribution in [0.5, 0.6) is 0 Å². The van der Waals surface area contributed by atoms with Crippen LogP contribution < -0.4 is 16.4 Å². The van der Waals surface area contributed by atoms with E-state index in [9.17, 15) is 4.79 Å². The van der Waals surface area contributed by atoms with Gasteiger partial charge in [-0.2, -0.15) is 0 Å². The zero-order valence-electron chi connectivity index (χ0n) is 11.3. The second kappa shape index (κ2) is 6.60. The molecule has 6 heteroatoms. The molecule has 20 heavy (non-hydrogen) atoms. The van der Waals surface area contributed by atoms with Crippen molar-refractivity contribution in [1.82, 2.24) is 10.3 Å². The van der Waals surface area contributed by atoms with E-state index in [0.29, 0.717) is 18.0 Å². The van der Waals surface area contributed by atoms with E-state index >= 15 is 0 Å². The van der Waals surface area contributed by atoms with E-state index in [1.54, 1.807) is 12.1 Å². The van der Waals surface area contributed by atoms with Gasteiger partial charge in [-0.05, 0) is 37.6 Å². The van der Waals surface area contributed by atoms with Gasteiger partial charge >= 0.3 is 0 Å². The minimum Gasteiger partial charge on any atom is -0.459 e. The molecular weight excluding hydrogens is 256 g/mol. The molecule has 106 valence electrons. The quantitative estimate of drug-likeness (QED) is 0.698. The van der Waals surface area contributed by atoms with E-state index in [-0.39, 0.29) is 5.91 Å². The summed E-state index contributed by atoms with van der Waals surface area (Å²) in [6, 6.07) is 6.98. The van der Waals surface area contributed by atoms with Gasteiger partial charge in [-0.25, -0.2) is 4.98 Å². The summed E-state index contributed by atoms with van der Waals surface area (Å²) in [6.07, 6.45) is 2.27. The number of amides is 1. The summed E-state index contributed by atoms with van der Waals surface area (Å²) in [7, 11) is 0. The van der Waals surface area contributed by atoms with Gasteiger partial charge in [0, 0.05) is 13.1 Å². The first-order valence-electron chi connectivity index (χ1n) is 6.45. The van der Waals surface area contributed by atoms with Crippen LogP contribution in [0.25, 0.3) is 0 Å². The molecule has 0 fully saturated rings. The summed E-state index contributed by atoms with van der Waals surface area (Å²) >= 11 is 0. The first-order chi connectivity index (χ1) is 9.66. The molecule has 0 radical (unpaired) electrons. The van der Waals surface area contributed by atoms with Gasteiger partial charge in [0.1, 0.15) is 5.82 Å². The van der Waals surface area contributed by atoms with E-state index in [1.807, 2.05) is 19.1 Å². The number of nitrogen functional groups attached to an aromatic ring is 1. The number of anilines is 2. The maximum absolute atomic E-state index is 11.6. The van der Waals surface area contributed by atoms with Crippen LogP contribution in [-0.2, 0) is 0 Å². The molecule has 0 atom stereocenters. The Bertz CT molecular complexity index is 567. The highest BCUT2D eigenvalue weighted by Gasteiger charge is 2.06. The third-order valence-corrected chi connectivity index (χ3v) is 2.82. The molecule has 0 saturated heterocycles. The molecule has 0 aliphatic carbocycles. The molecule has 0 aliphatic heterocycles. The largest absolute Gasteiger partial charge is 0.459 e. The Kier molecular flexibility index (Phi) is 4.60. The summed E-state index contributed by atoms with van der Waals surface area (Å²) in [5.74, 6) is 0.916. The Morgan fingerprint density at radius 3 is 2.90 bits per heavy atom. The second-order valence-electron chi connectivity index (χ2n) is 4.38. The Labute approximate surface area is 117 Å². The average Bonchev–Trinajstić information content (AvgIpc) is 2.96. The lowest BCUT2D eigenvalue weighted by molar-refractivity contribution is 0.0926. The summed E-state index contributed by atoms with van der Waals surface area (Å²) in [5, 5.41) is 5.96. The number of carbonyl (C=O) groups excluding carboxylic acids is 1. The van der Waals surface area contributed by atoms with Crippen LogP contribution in [0.2, 0.25) is 0 Å². The third-order valence-electron chi connectivity index (χ3n) is 2.82. The number of nitrogens with one attached hydrogen (secondary N) is 2. The van der Waals surface area contributed by atoms with Crippen LogP contribution in [0.4, 0.5) is 11.5 Å². The second-order valence-corrected chi connectivity index (χ2v) is 4.38. The lowest BCUT2D eigenvalue weighted by atomic mass is 10.3. The standard InChI is InChI=1S/C14H18N4O2/c1-10-11(15)5-6-13(18-10)16-7-3-8-17-14(19)12-4-2-9-20-12/h2,4-6,9H,3,7-8,15H2,1H3,(H,16,18)(H,17,19). The normalized spacial score (nSPS) is 10.2. The number of carbonyl (C=O) groups is 1. The molecule has 0 aliphatic rings. The summed E-state index contributed by atoms with van der Waals surface area (Å²) < 4.78 is 5.00. The third kappa shape index (κ3) is 3.74. The number of pyridine rings is 1. The predicted octanol–water partition coefficient (Wildman–Crippen LogP) is 1.80. The van der Waals surface area contributed by atoms with E-state index in [4.69, 9.17) is 10.2 Å². The molecule has 2 aromatic heterocycles. The van der Waals surface area contributed by atoms with Crippen molar-refractivity contribution in [2.24, 2.45) is 0 Å². The number of hydrogen-bond acceptors (Lipinski definition) is 5. The van der Waals surface area contributed by atoms with Gasteiger partial charge in [-0.15, -0.1) is 0 Å². The van der Waals surface area contributed by atoms with Gasteiger partial charge in [-0.3, -0.25) is 4.79 Å². The minimum absolute atomic E-state index is 0.198. The molecule has 2 rings (SSSR count). The maximum atomic E-state index is 11.6. The SMILES string of the molecule is Cc1nc(NCCCNC(=O)c2ccco2)ccc1N. The van der Waals surface area contributed by atoms with E-state index in [2.05, 4.69) is 15.6 Å². The van der Waals surface area contributed by atoms with Crippen LogP contribution in [0.1, 0.15) is 22.7 Å². The van der Waals surface area contributed by atoms with Crippen molar-refractivity contribution in [2.75, 3.05) is 24.1 Å². The molecule has 2 aromatic rings. The van der Waals surface area contributed by atoms with Gasteiger partial charge in [-0.1, -0.05) is 0 Å². The highest BCUT2D eigenvalue weighted by atomic mass is 16.3. The average molecular weight is 274 g/mol. The predicted molar refractivity (Wildman–Crippen MR) is 77.5 cm³/mol. The first kappa shape index (κ1) is 13.9. The molecule has 0 saturated carbocycles. The van der Waals surface area contributed by atoms with Crippen LogP contribution >= 0.6 is 0 Å². The minimum atomic E-state index is -0.198. The zero-order valence-corrected chi connectivity index (χ0v) is 11.3. The van der Waals surface area contributed by atoms with Crippen molar-refractivity contribution in [3.05, 3.63) is 42.0 Å². The number of rotatable bonds is 6. The Hall–Kier alpha value is -2.50. The van der Waals surface area contributed by atoms with Crippen LogP contribution in [-0.4, -0.2) is 24.0 Å². The fourth-order valence-electron chi connectivity index (χ4n) is 1.67. The van der Waals surface area contributed by atoms with Crippen LogP contribution in [0, 0.1) is 6.92 Å². The van der Waals surface area contributed by atoms with Gasteiger partial charge < -0.3 is 20.8 Å². The lowest BCUT2D eigenvalue weighted by Crippen LogP contribution is -2.25. The van der Waals surface area contributed by atoms with Crippen molar-refractivity contribution in [3.63, 3.8) is 0 Å². The summed E-state index contributed by atoms with van der Waals surface area (Å²) in [6.45, 7) is 3.15. The van der Waals surface area contributed by atoms with E-state index in [0.717, 1.165) is 24.5 Å². The topological polar surface area (TPSA) is 93.2 Å². The van der Waals surface area contributed by atoms with Gasteiger partial charge in [0.15, 0.2) is 5.76 Å². The molecular formula is C14H18N4O2. The van der Waals surface area contributed by atoms with Crippen LogP contribution in [0.15, 0.2) is 34.9 Å². The molecule has 0 aromatic carbocycles. The summed E-state index contributed by atoms with van der Waals surface area (Å²) in [4.78, 5) is 15.9. The lowest BCUT2D eigenvalue weighted by Gasteiger charge is -2.08. The van der Waals surface area contributed by atoms with Gasteiger partial charge in [0.25, 0.3) is 5.91 Å². The molecule has 0 bridgehead atoms. The number of aromatic nitrogens is 1. The summed E-state index contributed by atoms with van der Waals surface area (Å²) in [5.41, 5.74) is 7.19. The number of aryl methyl sites for hydroxylation is 1. The number of hydrogen-bond donors (Lipinski definition) is 3. The Morgan fingerprint density at radius 1 is 1.35 bits per heavy atom. The molecule has 6 nitrogen and oxygen atoms in total. The molecule has 4 N–H and O–H groups in total. The fraction of sp³-hybridized carbons (Fsp3) is 0.286. The van der Waals surface area contributed by atoms with Crippen molar-refractivity contribution >= 4 is 17.4 Å². The first-order valence-corrected chi connectivity index (χ1v) is 6.45. The highest BCUT2D eigenvalue weighted by molar-refractivity contribution is 5.91. The maximum Gasteiger partial charge on any atom is 0.286 e. The Morgan fingerprint density at radius 2 is 2.20 bits per heavy atom. The van der Waals surface area contributed by atoms with Crippen molar-refractivity contribution in [2.45, 2.75) is 13.3 Å². The smallest absolute Gasteiger partial charge is 0.286 e. The van der Waals surface area contributed by atoms with E-state index < -0.39 is 0 Å². The van der Waals surface area contributed by atoms with Crippen molar-refractivity contribution in [3.8, 4) is 0 Å². The van der Waals surface area contributed by atoms with Crippen LogP contribution in [0.3, 0.4) is 0 Å². The van der Waals surface area contributed by atoms with E-state index in [1.165, 1.54) is 6.26 Å². The number of furan rings is 1. The highest BCUT2D eigenvalue weighted by Crippen LogP contribution is 2.11. The zero-order chi connectivity index (χ0) is 14.4. The van der Waals surface area contributed by atoms with Crippen molar-refractivity contribution in [1.29, 1.82) is 0 Å². The van der Waals surface area contributed by atoms with Gasteiger partial charge in [0.2, 0.25) is 0 Å². The van der Waals surface area contributed by atoms with Crippen molar-refractivity contribution < 1.29 is 9.21 Å². The monoisotopic (exact) mass is 274 g/mol. The Balaban J connectivity index is 1.66. The fourth-order valence-corrected chi connectivity index (χ4v) is 1.67. The molecule has 2 heterocycles. The molecule has 0 spiro atoms. The number of nitrogens with two attached hydrogens (primary N) is 1. The van der Waals surface area contributed by atoms with Gasteiger partial charge in [0.05, 0.1) is 17.6 Å². The molecule has 1 amide bonds.